The van der Waals surface area contributed by atoms with E-state index in [1.807, 2.05) is 0 Å². The molecule has 1 aromatic heterocycles. The van der Waals surface area contributed by atoms with Gasteiger partial charge in [-0.3, -0.25) is 14.8 Å². The first-order valence-electron chi connectivity index (χ1n) is 5.89. The quantitative estimate of drug-likeness (QED) is 0.616. The first-order chi connectivity index (χ1) is 9.54. The van der Waals surface area contributed by atoms with Crippen molar-refractivity contribution in [2.45, 2.75) is 12.6 Å². The molecule has 1 unspecified atom stereocenters. The largest absolute Gasteiger partial charge is 0.389 e. The van der Waals surface area contributed by atoms with Crippen LogP contribution in [-0.2, 0) is 6.54 Å². The van der Waals surface area contributed by atoms with Gasteiger partial charge in [0.1, 0.15) is 18.2 Å². The van der Waals surface area contributed by atoms with E-state index in [0.717, 1.165) is 6.20 Å². The van der Waals surface area contributed by atoms with Gasteiger partial charge in [0.25, 0.3) is 0 Å². The number of nitrogens with one attached hydrogen (secondary N) is 1. The zero-order valence-corrected chi connectivity index (χ0v) is 10.4. The topological polar surface area (TPSA) is 93.2 Å². The normalized spacial score (nSPS) is 12.1. The van der Waals surface area contributed by atoms with E-state index in [1.165, 1.54) is 23.0 Å². The van der Waals surface area contributed by atoms with Crippen molar-refractivity contribution in [1.29, 1.82) is 0 Å². The lowest BCUT2D eigenvalue weighted by atomic mass is 10.3. The molecule has 0 saturated carbocycles. The number of aromatic nitrogens is 2. The minimum absolute atomic E-state index is 0.107. The third-order valence-electron chi connectivity index (χ3n) is 2.59. The summed E-state index contributed by atoms with van der Waals surface area (Å²) in [6, 6.07) is 5.87. The lowest BCUT2D eigenvalue weighted by molar-refractivity contribution is -0.385. The van der Waals surface area contributed by atoms with Crippen LogP contribution < -0.4 is 5.32 Å². The summed E-state index contributed by atoms with van der Waals surface area (Å²) in [6.45, 7) is 0.285. The number of hydrogen-bond acceptors (Lipinski definition) is 5. The maximum absolute atomic E-state index is 12.9. The highest BCUT2D eigenvalue weighted by molar-refractivity contribution is 5.43. The molecular formula is C12H13FN4O3. The Labute approximate surface area is 113 Å². The van der Waals surface area contributed by atoms with Crippen LogP contribution in [-0.4, -0.2) is 32.5 Å². The Hall–Kier alpha value is -2.48. The maximum atomic E-state index is 12.9. The maximum Gasteiger partial charge on any atom is 0.306 e. The van der Waals surface area contributed by atoms with Gasteiger partial charge in [-0.1, -0.05) is 6.07 Å². The van der Waals surface area contributed by atoms with Crippen LogP contribution in [0.4, 0.5) is 15.8 Å². The molecule has 1 atom stereocenters. The average Bonchev–Trinajstić information content (AvgIpc) is 2.85. The predicted octanol–water partition coefficient (Wildman–Crippen LogP) is 1.40. The molecule has 2 aromatic rings. The number of benzene rings is 1. The minimum atomic E-state index is -0.808. The van der Waals surface area contributed by atoms with Gasteiger partial charge in [-0.15, -0.1) is 0 Å². The highest BCUT2D eigenvalue weighted by atomic mass is 19.1. The fourth-order valence-electron chi connectivity index (χ4n) is 1.66. The minimum Gasteiger partial charge on any atom is -0.389 e. The van der Waals surface area contributed by atoms with E-state index < -0.39 is 11.0 Å². The van der Waals surface area contributed by atoms with Crippen LogP contribution in [0.2, 0.25) is 0 Å². The van der Waals surface area contributed by atoms with Gasteiger partial charge in [-0.25, -0.2) is 4.39 Å². The first-order valence-corrected chi connectivity index (χ1v) is 5.89. The van der Waals surface area contributed by atoms with Crippen molar-refractivity contribution < 1.29 is 14.4 Å². The van der Waals surface area contributed by atoms with Crippen LogP contribution >= 0.6 is 0 Å². The smallest absolute Gasteiger partial charge is 0.306 e. The summed E-state index contributed by atoms with van der Waals surface area (Å²) in [6.07, 6.45) is 1.55. The summed E-state index contributed by atoms with van der Waals surface area (Å²) in [5, 5.41) is 26.9. The Balaban J connectivity index is 1.85. The average molecular weight is 280 g/mol. The van der Waals surface area contributed by atoms with Gasteiger partial charge in [-0.05, 0) is 18.2 Å². The zero-order chi connectivity index (χ0) is 14.5. The lowest BCUT2D eigenvalue weighted by Crippen LogP contribution is -2.25. The van der Waals surface area contributed by atoms with E-state index in [0.29, 0.717) is 5.69 Å². The number of nitro groups is 1. The van der Waals surface area contributed by atoms with Crippen molar-refractivity contribution in [2.24, 2.45) is 0 Å². The Kier molecular flexibility index (Phi) is 4.26. The Bertz CT molecular complexity index is 602. The van der Waals surface area contributed by atoms with Crippen molar-refractivity contribution in [2.75, 3.05) is 11.9 Å². The van der Waals surface area contributed by atoms with Crippen LogP contribution in [0.3, 0.4) is 0 Å². The molecule has 2 rings (SSSR count). The third kappa shape index (κ3) is 3.75. The molecule has 0 aliphatic rings. The second kappa shape index (κ2) is 6.11. The molecule has 20 heavy (non-hydrogen) atoms. The van der Waals surface area contributed by atoms with E-state index in [4.69, 9.17) is 0 Å². The molecule has 1 aromatic carbocycles. The van der Waals surface area contributed by atoms with E-state index in [1.54, 1.807) is 12.1 Å². The molecule has 7 nitrogen and oxygen atoms in total. The van der Waals surface area contributed by atoms with Crippen molar-refractivity contribution >= 4 is 11.4 Å². The van der Waals surface area contributed by atoms with E-state index in [2.05, 4.69) is 10.4 Å². The Morgan fingerprint density at radius 3 is 3.00 bits per heavy atom. The number of halogens is 1. The lowest BCUT2D eigenvalue weighted by Gasteiger charge is -2.12. The second-order valence-corrected chi connectivity index (χ2v) is 4.22. The number of aliphatic hydroxyl groups excluding tert-OH is 1. The molecule has 0 spiro atoms. The van der Waals surface area contributed by atoms with Crippen LogP contribution in [0.5, 0.6) is 0 Å². The van der Waals surface area contributed by atoms with Gasteiger partial charge in [0, 0.05) is 12.2 Å². The summed E-state index contributed by atoms with van der Waals surface area (Å²) in [5.41, 5.74) is 0.422. The fourth-order valence-corrected chi connectivity index (χ4v) is 1.66. The first kappa shape index (κ1) is 13.9. The molecule has 0 fully saturated rings. The van der Waals surface area contributed by atoms with Gasteiger partial charge >= 0.3 is 5.69 Å². The summed E-state index contributed by atoms with van der Waals surface area (Å²) < 4.78 is 14.2. The summed E-state index contributed by atoms with van der Waals surface area (Å²) in [5.74, 6) is -0.368. The highest BCUT2D eigenvalue weighted by Crippen LogP contribution is 2.10. The number of aliphatic hydroxyl groups is 1. The molecule has 0 saturated heterocycles. The van der Waals surface area contributed by atoms with Gasteiger partial charge in [0.2, 0.25) is 0 Å². The molecule has 0 radical (unpaired) electrons. The second-order valence-electron chi connectivity index (χ2n) is 4.22. The van der Waals surface area contributed by atoms with Gasteiger partial charge in [0.05, 0.1) is 17.6 Å². The standard InChI is InChI=1S/C12H13FN4O3/c13-9-2-1-3-10(4-9)14-6-12(18)8-16-7-11(5-15-16)17(19)20/h1-5,7,12,14,18H,6,8H2. The van der Waals surface area contributed by atoms with Crippen LogP contribution in [0.25, 0.3) is 0 Å². The van der Waals surface area contributed by atoms with Crippen LogP contribution in [0, 0.1) is 15.9 Å². The van der Waals surface area contributed by atoms with Gasteiger partial charge in [-0.2, -0.15) is 5.10 Å². The van der Waals surface area contributed by atoms with Gasteiger partial charge in [0.15, 0.2) is 0 Å². The summed E-state index contributed by atoms with van der Waals surface area (Å²) in [4.78, 5) is 9.93. The van der Waals surface area contributed by atoms with Crippen molar-refractivity contribution in [3.05, 3.63) is 52.6 Å². The highest BCUT2D eigenvalue weighted by Gasteiger charge is 2.11. The summed E-state index contributed by atoms with van der Waals surface area (Å²) in [7, 11) is 0. The van der Waals surface area contributed by atoms with E-state index in [9.17, 15) is 19.6 Å². The molecule has 8 heteroatoms. The number of rotatable bonds is 6. The number of anilines is 1. The predicted molar refractivity (Wildman–Crippen MR) is 69.8 cm³/mol. The number of nitrogens with zero attached hydrogens (tertiary/aromatic N) is 3. The molecule has 1 heterocycles. The molecule has 0 amide bonds. The molecular weight excluding hydrogens is 267 g/mol. The van der Waals surface area contributed by atoms with Crippen LogP contribution in [0.1, 0.15) is 0 Å². The van der Waals surface area contributed by atoms with Crippen molar-refractivity contribution in [1.82, 2.24) is 9.78 Å². The fraction of sp³-hybridized carbons (Fsp3) is 0.250. The molecule has 106 valence electrons. The third-order valence-corrected chi connectivity index (χ3v) is 2.59. The molecule has 0 aliphatic carbocycles. The Morgan fingerprint density at radius 1 is 1.55 bits per heavy atom. The zero-order valence-electron chi connectivity index (χ0n) is 10.4. The van der Waals surface area contributed by atoms with Crippen LogP contribution in [0.15, 0.2) is 36.7 Å². The van der Waals surface area contributed by atoms with Crippen molar-refractivity contribution in [3.8, 4) is 0 Å². The molecule has 0 bridgehead atoms. The summed E-state index contributed by atoms with van der Waals surface area (Å²) >= 11 is 0. The molecule has 0 aliphatic heterocycles. The van der Waals surface area contributed by atoms with Crippen molar-refractivity contribution in [3.63, 3.8) is 0 Å². The monoisotopic (exact) mass is 280 g/mol. The molecule has 2 N–H and O–H groups in total. The van der Waals surface area contributed by atoms with E-state index in [-0.39, 0.29) is 24.6 Å². The Morgan fingerprint density at radius 2 is 2.35 bits per heavy atom. The van der Waals surface area contributed by atoms with Gasteiger partial charge < -0.3 is 10.4 Å². The van der Waals surface area contributed by atoms with E-state index >= 15 is 0 Å². The number of hydrogen-bond donors (Lipinski definition) is 2. The SMILES string of the molecule is O=[N+]([O-])c1cnn(CC(O)CNc2cccc(F)c2)c1.